The van der Waals surface area contributed by atoms with E-state index < -0.39 is 23.8 Å². The molecule has 0 amide bonds. The minimum atomic E-state index is -1.75. The van der Waals surface area contributed by atoms with Gasteiger partial charge >= 0.3 is 0 Å². The Morgan fingerprint density at radius 2 is 1.21 bits per heavy atom. The van der Waals surface area contributed by atoms with Crippen molar-refractivity contribution in [3.05, 3.63) is 110 Å². The van der Waals surface area contributed by atoms with Gasteiger partial charge in [-0.15, -0.1) is 5.10 Å². The Balaban J connectivity index is 1.83. The number of para-hydroxylation sites is 1. The minimum Gasteiger partial charge on any atom is -0.378 e. The van der Waals surface area contributed by atoms with Crippen molar-refractivity contribution in [3.8, 4) is 5.69 Å². The van der Waals surface area contributed by atoms with Crippen LogP contribution >= 0.6 is 31.9 Å². The van der Waals surface area contributed by atoms with Crippen LogP contribution in [-0.4, -0.2) is 36.8 Å². The molecule has 1 aromatic heterocycles. The van der Waals surface area contributed by atoms with Crippen LogP contribution in [0.1, 0.15) is 44.3 Å². The Kier molecular flexibility index (Phi) is 6.94. The number of Topliss-reactive ketones (excluding diaryl/α,β-unsaturated/α-hetero) is 2. The second-order valence-corrected chi connectivity index (χ2v) is 8.81. The summed E-state index contributed by atoms with van der Waals surface area (Å²) in [6, 6.07) is 22.0. The summed E-state index contributed by atoms with van der Waals surface area (Å²) in [4.78, 5) is 26.2. The number of rotatable bonds is 7. The van der Waals surface area contributed by atoms with Crippen molar-refractivity contribution in [2.75, 3.05) is 0 Å². The van der Waals surface area contributed by atoms with Crippen LogP contribution in [0.4, 0.5) is 0 Å². The molecule has 0 radical (unpaired) electrons. The van der Waals surface area contributed by atoms with E-state index in [0.29, 0.717) is 14.6 Å². The van der Waals surface area contributed by atoms with E-state index in [1.54, 1.807) is 78.9 Å². The molecule has 0 aliphatic heterocycles. The van der Waals surface area contributed by atoms with Crippen molar-refractivity contribution in [1.29, 1.82) is 0 Å². The number of benzene rings is 3. The van der Waals surface area contributed by atoms with Crippen molar-refractivity contribution in [3.63, 3.8) is 0 Å². The number of carbonyl (C=O) groups excluding carboxylic acids is 2. The summed E-state index contributed by atoms with van der Waals surface area (Å²) in [5.74, 6) is -1.28. The van der Waals surface area contributed by atoms with E-state index in [1.165, 1.54) is 4.68 Å². The lowest BCUT2D eigenvalue weighted by atomic mass is 9.97. The second-order valence-electron chi connectivity index (χ2n) is 7.10. The minimum absolute atomic E-state index is 0.0881. The van der Waals surface area contributed by atoms with Crippen molar-refractivity contribution in [2.45, 2.75) is 12.2 Å². The van der Waals surface area contributed by atoms with Gasteiger partial charge in [-0.05, 0) is 24.3 Å². The number of aromatic nitrogens is 3. The summed E-state index contributed by atoms with van der Waals surface area (Å²) in [6.45, 7) is 0. The summed E-state index contributed by atoms with van der Waals surface area (Å²) in [5.41, 5.74) is 0.688. The molecule has 0 spiro atoms. The first-order chi connectivity index (χ1) is 15.9. The largest absolute Gasteiger partial charge is 0.378 e. The van der Waals surface area contributed by atoms with Gasteiger partial charge in [0.1, 0.15) is 11.4 Å². The summed E-state index contributed by atoms with van der Waals surface area (Å²) in [5, 5.41) is 30.1. The van der Waals surface area contributed by atoms with Crippen LogP contribution < -0.4 is 0 Å². The van der Waals surface area contributed by atoms with Gasteiger partial charge in [-0.1, -0.05) is 91.7 Å². The van der Waals surface area contributed by atoms with Crippen LogP contribution in [0.25, 0.3) is 5.69 Å². The van der Waals surface area contributed by atoms with E-state index in [0.717, 1.165) is 0 Å². The summed E-state index contributed by atoms with van der Waals surface area (Å²) < 4.78 is 2.25. The van der Waals surface area contributed by atoms with E-state index in [4.69, 9.17) is 0 Å². The molecule has 166 valence electrons. The maximum atomic E-state index is 13.2. The van der Waals surface area contributed by atoms with Crippen LogP contribution in [0, 0.1) is 0 Å². The molecule has 0 saturated carbocycles. The second kappa shape index (κ2) is 9.88. The van der Waals surface area contributed by atoms with Crippen molar-refractivity contribution in [2.24, 2.45) is 0 Å². The number of halogens is 2. The van der Waals surface area contributed by atoms with Gasteiger partial charge < -0.3 is 10.2 Å². The monoisotopic (exact) mass is 569 g/mol. The zero-order chi connectivity index (χ0) is 23.5. The molecule has 0 fully saturated rings. The average molecular weight is 571 g/mol. The van der Waals surface area contributed by atoms with Crippen LogP contribution in [-0.2, 0) is 0 Å². The zero-order valence-corrected chi connectivity index (χ0v) is 20.1. The highest BCUT2D eigenvalue weighted by atomic mass is 79.9. The van der Waals surface area contributed by atoms with Crippen LogP contribution in [0.3, 0.4) is 0 Å². The van der Waals surface area contributed by atoms with E-state index in [-0.39, 0.29) is 22.5 Å². The average Bonchev–Trinajstić information content (AvgIpc) is 3.28. The van der Waals surface area contributed by atoms with Gasteiger partial charge in [-0.2, -0.15) is 0 Å². The lowest BCUT2D eigenvalue weighted by Crippen LogP contribution is -2.22. The number of carbonyl (C=O) groups is 2. The molecule has 0 saturated heterocycles. The van der Waals surface area contributed by atoms with Gasteiger partial charge in [-0.25, -0.2) is 4.68 Å². The molecule has 2 N–H and O–H groups in total. The highest BCUT2D eigenvalue weighted by Gasteiger charge is 2.35. The molecule has 7 nitrogen and oxygen atoms in total. The van der Waals surface area contributed by atoms with Crippen LogP contribution in [0.2, 0.25) is 0 Å². The third-order valence-corrected chi connectivity index (χ3v) is 6.41. The van der Waals surface area contributed by atoms with Gasteiger partial charge in [-0.3, -0.25) is 9.59 Å². The van der Waals surface area contributed by atoms with Gasteiger partial charge in [0, 0.05) is 20.1 Å². The summed E-state index contributed by atoms with van der Waals surface area (Å²) in [6.07, 6.45) is -3.49. The molecule has 9 heteroatoms. The number of hydrogen-bond acceptors (Lipinski definition) is 6. The first-order valence-corrected chi connectivity index (χ1v) is 11.4. The third-order valence-electron chi connectivity index (χ3n) is 5.03. The van der Waals surface area contributed by atoms with Crippen LogP contribution in [0.15, 0.2) is 87.8 Å². The molecule has 33 heavy (non-hydrogen) atoms. The highest BCUT2D eigenvalue weighted by molar-refractivity contribution is 9.10. The Bertz CT molecular complexity index is 1320. The van der Waals surface area contributed by atoms with Crippen molar-refractivity contribution < 1.29 is 19.8 Å². The molecule has 0 bridgehead atoms. The first kappa shape index (κ1) is 23.2. The van der Waals surface area contributed by atoms with Crippen molar-refractivity contribution in [1.82, 2.24) is 15.0 Å². The Morgan fingerprint density at radius 3 is 1.76 bits per heavy atom. The standard InChI is InChI=1S/C24H17Br2N3O4/c25-17-12-6-4-10-15(17)21(30)23(32)19-20(29(28-27-19)14-8-2-1-3-9-14)24(33)22(31)16-11-5-7-13-18(16)26/h1-13,23-24,32-33H. The SMILES string of the molecule is O=C(c1ccccc1Br)C(O)c1nnn(-c2ccccc2)c1C(O)C(=O)c1ccccc1Br. The fourth-order valence-electron chi connectivity index (χ4n) is 3.38. The zero-order valence-electron chi connectivity index (χ0n) is 17.0. The third kappa shape index (κ3) is 4.58. The molecule has 3 aromatic carbocycles. The maximum absolute atomic E-state index is 13.2. The number of ketones is 2. The lowest BCUT2D eigenvalue weighted by Gasteiger charge is -2.16. The molecule has 0 aliphatic carbocycles. The van der Waals surface area contributed by atoms with Gasteiger partial charge in [0.25, 0.3) is 0 Å². The van der Waals surface area contributed by atoms with E-state index in [9.17, 15) is 19.8 Å². The summed E-state index contributed by atoms with van der Waals surface area (Å²) in [7, 11) is 0. The van der Waals surface area contributed by atoms with Gasteiger partial charge in [0.05, 0.1) is 5.69 Å². The smallest absolute Gasteiger partial charge is 0.198 e. The number of aliphatic hydroxyl groups excluding tert-OH is 2. The van der Waals surface area contributed by atoms with Crippen molar-refractivity contribution >= 4 is 43.4 Å². The van der Waals surface area contributed by atoms with Crippen LogP contribution in [0.5, 0.6) is 0 Å². The fourth-order valence-corrected chi connectivity index (χ4v) is 4.34. The molecular formula is C24H17Br2N3O4. The van der Waals surface area contributed by atoms with Gasteiger partial charge in [0.15, 0.2) is 23.8 Å². The highest BCUT2D eigenvalue weighted by Crippen LogP contribution is 2.31. The predicted molar refractivity (Wildman–Crippen MR) is 128 cm³/mol. The van der Waals surface area contributed by atoms with Gasteiger partial charge in [0.2, 0.25) is 0 Å². The summed E-state index contributed by atoms with van der Waals surface area (Å²) >= 11 is 6.63. The molecule has 0 aliphatic rings. The topological polar surface area (TPSA) is 105 Å². The maximum Gasteiger partial charge on any atom is 0.198 e. The normalized spacial score (nSPS) is 12.8. The molecule has 4 aromatic rings. The van der Waals surface area contributed by atoms with E-state index in [1.807, 2.05) is 0 Å². The quantitative estimate of drug-likeness (QED) is 0.314. The Morgan fingerprint density at radius 1 is 0.727 bits per heavy atom. The molecule has 2 atom stereocenters. The molecule has 1 heterocycles. The molecule has 4 rings (SSSR count). The first-order valence-electron chi connectivity index (χ1n) is 9.84. The fraction of sp³-hybridized carbons (Fsp3) is 0.0833. The number of hydrogen-bond donors (Lipinski definition) is 2. The van der Waals surface area contributed by atoms with E-state index in [2.05, 4.69) is 42.2 Å². The van der Waals surface area contributed by atoms with E-state index >= 15 is 0 Å². The molecule has 2 unspecified atom stereocenters. The predicted octanol–water partition coefficient (Wildman–Crippen LogP) is 4.62. The molecular weight excluding hydrogens is 554 g/mol. The lowest BCUT2D eigenvalue weighted by molar-refractivity contribution is 0.0684. The number of aliphatic hydroxyl groups is 2. The number of nitrogens with zero attached hydrogens (tertiary/aromatic N) is 3. The Labute approximate surface area is 206 Å². The Hall–Kier alpha value is -2.98.